The average Bonchev–Trinajstić information content (AvgIpc) is 2.31. The van der Waals surface area contributed by atoms with Gasteiger partial charge in [0.15, 0.2) is 0 Å². The Morgan fingerprint density at radius 3 is 2.89 bits per heavy atom. The zero-order valence-corrected chi connectivity index (χ0v) is 13.1. The predicted octanol–water partition coefficient (Wildman–Crippen LogP) is 4.25. The van der Waals surface area contributed by atoms with E-state index >= 15 is 0 Å². The molecule has 1 aliphatic rings. The van der Waals surface area contributed by atoms with Crippen LogP contribution in [0, 0.1) is 5.92 Å². The van der Waals surface area contributed by atoms with Crippen molar-refractivity contribution in [2.24, 2.45) is 5.92 Å². The van der Waals surface area contributed by atoms with Crippen LogP contribution in [-0.4, -0.2) is 18.6 Å². The molecule has 0 aliphatic heterocycles. The number of carbonyl (C=O) groups excluding carboxylic acids is 1. The molecule has 5 heteroatoms. The number of halogens is 2. The second kappa shape index (κ2) is 6.73. The van der Waals surface area contributed by atoms with Crippen LogP contribution in [0.15, 0.2) is 22.7 Å². The Morgan fingerprint density at radius 2 is 2.26 bits per heavy atom. The summed E-state index contributed by atoms with van der Waals surface area (Å²) in [7, 11) is 0. The number of benzene rings is 1. The number of anilines is 1. The SMILES string of the molecule is CCOC1CC(CC(=O)Nc2ccc(Cl)c(Br)c2)C1. The molecule has 0 aromatic heterocycles. The highest BCUT2D eigenvalue weighted by molar-refractivity contribution is 9.10. The molecular weight excluding hydrogens is 330 g/mol. The van der Waals surface area contributed by atoms with Crippen LogP contribution in [0.3, 0.4) is 0 Å². The molecule has 0 bridgehead atoms. The van der Waals surface area contributed by atoms with Crippen molar-refractivity contribution < 1.29 is 9.53 Å². The minimum atomic E-state index is 0.0502. The molecule has 0 unspecified atom stereocenters. The lowest BCUT2D eigenvalue weighted by atomic mass is 9.80. The topological polar surface area (TPSA) is 38.3 Å². The largest absolute Gasteiger partial charge is 0.378 e. The van der Waals surface area contributed by atoms with Gasteiger partial charge in [-0.05, 0) is 59.8 Å². The van der Waals surface area contributed by atoms with E-state index in [1.54, 1.807) is 12.1 Å². The zero-order chi connectivity index (χ0) is 13.8. The molecular formula is C14H17BrClNO2. The van der Waals surface area contributed by atoms with E-state index in [9.17, 15) is 4.79 Å². The van der Waals surface area contributed by atoms with Crippen molar-refractivity contribution in [1.29, 1.82) is 0 Å². The molecule has 1 aliphatic carbocycles. The van der Waals surface area contributed by atoms with E-state index in [1.165, 1.54) is 0 Å². The first-order valence-corrected chi connectivity index (χ1v) is 7.62. The summed E-state index contributed by atoms with van der Waals surface area (Å²) >= 11 is 9.24. The maximum atomic E-state index is 11.9. The third kappa shape index (κ3) is 4.20. The van der Waals surface area contributed by atoms with Crippen LogP contribution in [0.25, 0.3) is 0 Å². The molecule has 1 aromatic rings. The van der Waals surface area contributed by atoms with Crippen molar-refractivity contribution in [3.63, 3.8) is 0 Å². The molecule has 1 amide bonds. The standard InChI is InChI=1S/C14H17BrClNO2/c1-2-19-11-5-9(6-11)7-14(18)17-10-3-4-13(16)12(15)8-10/h3-4,8-9,11H,2,5-7H2,1H3,(H,17,18). The van der Waals surface area contributed by atoms with Gasteiger partial charge in [0, 0.05) is 23.2 Å². The van der Waals surface area contributed by atoms with Gasteiger partial charge in [0.05, 0.1) is 11.1 Å². The van der Waals surface area contributed by atoms with Gasteiger partial charge in [-0.2, -0.15) is 0 Å². The summed E-state index contributed by atoms with van der Waals surface area (Å²) in [4.78, 5) is 11.9. The molecule has 0 saturated heterocycles. The van der Waals surface area contributed by atoms with E-state index in [0.717, 1.165) is 29.6 Å². The minimum Gasteiger partial charge on any atom is -0.378 e. The quantitative estimate of drug-likeness (QED) is 0.865. The van der Waals surface area contributed by atoms with Crippen LogP contribution < -0.4 is 5.32 Å². The van der Waals surface area contributed by atoms with Crippen molar-refractivity contribution in [3.8, 4) is 0 Å². The third-order valence-electron chi connectivity index (χ3n) is 3.27. The van der Waals surface area contributed by atoms with Gasteiger partial charge < -0.3 is 10.1 Å². The highest BCUT2D eigenvalue weighted by Crippen LogP contribution is 2.33. The Labute approximate surface area is 126 Å². The Balaban J connectivity index is 1.77. The number of rotatable bonds is 5. The van der Waals surface area contributed by atoms with Crippen LogP contribution in [0.2, 0.25) is 5.02 Å². The van der Waals surface area contributed by atoms with Crippen LogP contribution in [0.4, 0.5) is 5.69 Å². The monoisotopic (exact) mass is 345 g/mol. The first-order chi connectivity index (χ1) is 9.08. The number of hydrogen-bond acceptors (Lipinski definition) is 2. The van der Waals surface area contributed by atoms with Crippen molar-refractivity contribution in [1.82, 2.24) is 0 Å². The predicted molar refractivity (Wildman–Crippen MR) is 80.5 cm³/mol. The summed E-state index contributed by atoms with van der Waals surface area (Å²) in [6.07, 6.45) is 2.90. The lowest BCUT2D eigenvalue weighted by Gasteiger charge is -2.34. The van der Waals surface area contributed by atoms with E-state index in [-0.39, 0.29) is 5.91 Å². The first-order valence-electron chi connectivity index (χ1n) is 6.45. The van der Waals surface area contributed by atoms with Crippen LogP contribution in [0.5, 0.6) is 0 Å². The maximum Gasteiger partial charge on any atom is 0.224 e. The van der Waals surface area contributed by atoms with Crippen molar-refractivity contribution >= 4 is 39.1 Å². The number of nitrogens with one attached hydrogen (secondary N) is 1. The molecule has 19 heavy (non-hydrogen) atoms. The van der Waals surface area contributed by atoms with Crippen molar-refractivity contribution in [2.75, 3.05) is 11.9 Å². The van der Waals surface area contributed by atoms with Gasteiger partial charge in [-0.3, -0.25) is 4.79 Å². The highest BCUT2D eigenvalue weighted by Gasteiger charge is 2.30. The Hall–Kier alpha value is -0.580. The van der Waals surface area contributed by atoms with Gasteiger partial charge in [-0.1, -0.05) is 11.6 Å². The third-order valence-corrected chi connectivity index (χ3v) is 4.49. The fraction of sp³-hybridized carbons (Fsp3) is 0.500. The first kappa shape index (κ1) is 14.8. The molecule has 0 heterocycles. The van der Waals surface area contributed by atoms with E-state index in [4.69, 9.17) is 16.3 Å². The van der Waals surface area contributed by atoms with E-state index in [1.807, 2.05) is 13.0 Å². The highest BCUT2D eigenvalue weighted by atomic mass is 79.9. The lowest BCUT2D eigenvalue weighted by molar-refractivity contribution is -0.119. The summed E-state index contributed by atoms with van der Waals surface area (Å²) in [5, 5.41) is 3.52. The van der Waals surface area contributed by atoms with E-state index in [0.29, 0.717) is 23.5 Å². The fourth-order valence-corrected chi connectivity index (χ4v) is 2.76. The minimum absolute atomic E-state index is 0.0502. The van der Waals surface area contributed by atoms with Gasteiger partial charge in [0.1, 0.15) is 0 Å². The van der Waals surface area contributed by atoms with Gasteiger partial charge in [-0.15, -0.1) is 0 Å². The Kier molecular flexibility index (Phi) is 5.25. The molecule has 1 saturated carbocycles. The van der Waals surface area contributed by atoms with E-state index < -0.39 is 0 Å². The smallest absolute Gasteiger partial charge is 0.224 e. The number of amides is 1. The summed E-state index contributed by atoms with van der Waals surface area (Å²) in [6.45, 7) is 2.75. The summed E-state index contributed by atoms with van der Waals surface area (Å²) < 4.78 is 6.27. The molecule has 0 radical (unpaired) electrons. The summed E-state index contributed by atoms with van der Waals surface area (Å²) in [5.74, 6) is 0.501. The zero-order valence-electron chi connectivity index (χ0n) is 10.8. The molecule has 2 rings (SSSR count). The Bertz CT molecular complexity index is 461. The molecule has 0 spiro atoms. The van der Waals surface area contributed by atoms with Crippen molar-refractivity contribution in [3.05, 3.63) is 27.7 Å². The van der Waals surface area contributed by atoms with E-state index in [2.05, 4.69) is 21.2 Å². The fourth-order valence-electron chi connectivity index (χ4n) is 2.26. The van der Waals surface area contributed by atoms with Crippen LogP contribution >= 0.6 is 27.5 Å². The van der Waals surface area contributed by atoms with Crippen LogP contribution in [0.1, 0.15) is 26.2 Å². The summed E-state index contributed by atoms with van der Waals surface area (Å²) in [6, 6.07) is 5.37. The number of hydrogen-bond donors (Lipinski definition) is 1. The van der Waals surface area contributed by atoms with Gasteiger partial charge in [0.25, 0.3) is 0 Å². The maximum absolute atomic E-state index is 11.9. The second-order valence-corrected chi connectivity index (χ2v) is 6.06. The van der Waals surface area contributed by atoms with Crippen molar-refractivity contribution in [2.45, 2.75) is 32.3 Å². The number of carbonyl (C=O) groups is 1. The molecule has 104 valence electrons. The molecule has 3 nitrogen and oxygen atoms in total. The van der Waals surface area contributed by atoms with Gasteiger partial charge in [-0.25, -0.2) is 0 Å². The Morgan fingerprint density at radius 1 is 1.53 bits per heavy atom. The molecule has 1 fully saturated rings. The lowest BCUT2D eigenvalue weighted by Crippen LogP contribution is -2.33. The van der Waals surface area contributed by atoms with Gasteiger partial charge in [0.2, 0.25) is 5.91 Å². The average molecular weight is 347 g/mol. The summed E-state index contributed by atoms with van der Waals surface area (Å²) in [5.41, 5.74) is 0.766. The normalized spacial score (nSPS) is 21.8. The van der Waals surface area contributed by atoms with Crippen LogP contribution in [-0.2, 0) is 9.53 Å². The molecule has 0 atom stereocenters. The second-order valence-electron chi connectivity index (χ2n) is 4.80. The molecule has 1 N–H and O–H groups in total. The molecule has 1 aromatic carbocycles. The van der Waals surface area contributed by atoms with Gasteiger partial charge >= 0.3 is 0 Å². The number of ether oxygens (including phenoxy) is 1.